The van der Waals surface area contributed by atoms with E-state index >= 15 is 0 Å². The Kier molecular flexibility index (Phi) is 3.09. The lowest BCUT2D eigenvalue weighted by Gasteiger charge is -2.04. The maximum absolute atomic E-state index is 11.0. The number of benzene rings is 1. The van der Waals surface area contributed by atoms with Gasteiger partial charge in [0.15, 0.2) is 0 Å². The fourth-order valence-electron chi connectivity index (χ4n) is 2.29. The summed E-state index contributed by atoms with van der Waals surface area (Å²) in [6.07, 6.45) is 0.932. The van der Waals surface area contributed by atoms with Gasteiger partial charge in [0.05, 0.1) is 10.7 Å². The Hall–Kier alpha value is -1.14. The summed E-state index contributed by atoms with van der Waals surface area (Å²) < 4.78 is 22.0. The summed E-state index contributed by atoms with van der Waals surface area (Å²) >= 11 is 0. The Balaban J connectivity index is 2.28. The first-order chi connectivity index (χ1) is 7.87. The fourth-order valence-corrected chi connectivity index (χ4v) is 3.62. The molecule has 0 fully saturated rings. The molecule has 0 amide bonds. The Bertz CT molecular complexity index is 570. The third kappa shape index (κ3) is 2.76. The molecule has 0 saturated heterocycles. The molecule has 0 saturated carbocycles. The molecule has 0 spiro atoms. The number of halogens is 1. The quantitative estimate of drug-likeness (QED) is 0.479. The highest BCUT2D eigenvalue weighted by Crippen LogP contribution is 2.34. The third-order valence-corrected chi connectivity index (χ3v) is 4.13. The van der Waals surface area contributed by atoms with Gasteiger partial charge in [-0.05, 0) is 24.3 Å². The monoisotopic (exact) mass is 275 g/mol. The van der Waals surface area contributed by atoms with Crippen molar-refractivity contribution in [3.8, 4) is 0 Å². The summed E-state index contributed by atoms with van der Waals surface area (Å²) in [7, 11) is 1.64. The van der Waals surface area contributed by atoms with Crippen LogP contribution >= 0.6 is 10.7 Å². The van der Waals surface area contributed by atoms with E-state index in [1.807, 2.05) is 0 Å². The first kappa shape index (κ1) is 12.3. The number of nitro benzene ring substituents is 1. The smallest absolute Gasteiger partial charge is 0.258 e. The summed E-state index contributed by atoms with van der Waals surface area (Å²) in [6.45, 7) is 0. The van der Waals surface area contributed by atoms with Crippen molar-refractivity contribution in [3.63, 3.8) is 0 Å². The van der Waals surface area contributed by atoms with Crippen LogP contribution in [0.1, 0.15) is 11.1 Å². The van der Waals surface area contributed by atoms with Gasteiger partial charge < -0.3 is 0 Å². The Labute approximate surface area is 103 Å². The van der Waals surface area contributed by atoms with Crippen LogP contribution in [0, 0.1) is 16.0 Å². The molecule has 1 aromatic carbocycles. The Morgan fingerprint density at radius 2 is 2.12 bits per heavy atom. The summed E-state index contributed by atoms with van der Waals surface area (Å²) in [5.41, 5.74) is 1.56. The van der Waals surface area contributed by atoms with Gasteiger partial charge in [-0.15, -0.1) is 0 Å². The van der Waals surface area contributed by atoms with E-state index in [0.717, 1.165) is 5.56 Å². The van der Waals surface area contributed by atoms with Crippen LogP contribution in [0.5, 0.6) is 0 Å². The molecule has 0 N–H and O–H groups in total. The lowest BCUT2D eigenvalue weighted by atomic mass is 10.1. The molecule has 0 bridgehead atoms. The normalized spacial score (nSPS) is 19.0. The van der Waals surface area contributed by atoms with E-state index in [1.165, 1.54) is 6.07 Å². The first-order valence-electron chi connectivity index (χ1n) is 5.04. The average molecular weight is 276 g/mol. The van der Waals surface area contributed by atoms with Crippen LogP contribution in [0.25, 0.3) is 0 Å². The second kappa shape index (κ2) is 4.27. The van der Waals surface area contributed by atoms with Crippen LogP contribution in [0.3, 0.4) is 0 Å². The minimum Gasteiger partial charge on any atom is -0.258 e. The lowest BCUT2D eigenvalue weighted by molar-refractivity contribution is -0.385. The number of hydrogen-bond acceptors (Lipinski definition) is 4. The van der Waals surface area contributed by atoms with Crippen LogP contribution in [0.2, 0.25) is 0 Å². The highest BCUT2D eigenvalue weighted by atomic mass is 35.7. The molecule has 7 heteroatoms. The average Bonchev–Trinajstić information content (AvgIpc) is 2.55. The van der Waals surface area contributed by atoms with E-state index < -0.39 is 14.0 Å². The van der Waals surface area contributed by atoms with Gasteiger partial charge in [0.25, 0.3) is 5.69 Å². The second-order valence-electron chi connectivity index (χ2n) is 4.15. The first-order valence-corrected chi connectivity index (χ1v) is 7.52. The van der Waals surface area contributed by atoms with E-state index in [2.05, 4.69) is 0 Å². The van der Waals surface area contributed by atoms with Crippen LogP contribution in [0.15, 0.2) is 18.2 Å². The predicted molar refractivity (Wildman–Crippen MR) is 63.6 cm³/mol. The zero-order valence-electron chi connectivity index (χ0n) is 8.80. The van der Waals surface area contributed by atoms with Crippen molar-refractivity contribution in [2.24, 2.45) is 5.92 Å². The van der Waals surface area contributed by atoms with E-state index in [0.29, 0.717) is 18.4 Å². The highest BCUT2D eigenvalue weighted by molar-refractivity contribution is 8.13. The van der Waals surface area contributed by atoms with Gasteiger partial charge in [-0.1, -0.05) is 12.1 Å². The minimum absolute atomic E-state index is 0.0666. The topological polar surface area (TPSA) is 77.3 Å². The van der Waals surface area contributed by atoms with Crippen molar-refractivity contribution in [2.45, 2.75) is 12.8 Å². The van der Waals surface area contributed by atoms with Gasteiger partial charge in [0.2, 0.25) is 9.05 Å². The SMILES string of the molecule is O=[N+]([O-])c1cccc2c1C[C@@H](CS(=O)(=O)Cl)C2. The molecule has 0 unspecified atom stereocenters. The molecule has 1 aliphatic carbocycles. The van der Waals surface area contributed by atoms with Crippen LogP contribution in [0.4, 0.5) is 5.69 Å². The number of rotatable bonds is 3. The van der Waals surface area contributed by atoms with Crippen LogP contribution in [-0.4, -0.2) is 19.1 Å². The highest BCUT2D eigenvalue weighted by Gasteiger charge is 2.30. The van der Waals surface area contributed by atoms with Crippen molar-refractivity contribution >= 4 is 25.4 Å². The summed E-state index contributed by atoms with van der Waals surface area (Å²) in [6, 6.07) is 4.86. The molecule has 0 aromatic heterocycles. The Morgan fingerprint density at radius 3 is 2.71 bits per heavy atom. The van der Waals surface area contributed by atoms with Gasteiger partial charge in [0.1, 0.15) is 0 Å². The van der Waals surface area contributed by atoms with E-state index in [9.17, 15) is 18.5 Å². The molecule has 1 aromatic rings. The minimum atomic E-state index is -3.56. The van der Waals surface area contributed by atoms with E-state index in [-0.39, 0.29) is 17.4 Å². The van der Waals surface area contributed by atoms with Crippen molar-refractivity contribution in [1.82, 2.24) is 0 Å². The van der Waals surface area contributed by atoms with Gasteiger partial charge in [-0.3, -0.25) is 10.1 Å². The number of fused-ring (bicyclic) bond motifs is 1. The lowest BCUT2D eigenvalue weighted by Crippen LogP contribution is -2.11. The van der Waals surface area contributed by atoms with Crippen LogP contribution < -0.4 is 0 Å². The van der Waals surface area contributed by atoms with Crippen molar-refractivity contribution in [1.29, 1.82) is 0 Å². The van der Waals surface area contributed by atoms with Crippen molar-refractivity contribution in [2.75, 3.05) is 5.75 Å². The van der Waals surface area contributed by atoms with E-state index in [1.54, 1.807) is 12.1 Å². The number of hydrogen-bond donors (Lipinski definition) is 0. The molecule has 5 nitrogen and oxygen atoms in total. The fraction of sp³-hybridized carbons (Fsp3) is 0.400. The number of nitro groups is 1. The standard InChI is InChI=1S/C10H10ClNO4S/c11-17(15,16)6-7-4-8-2-1-3-10(12(13)14)9(8)5-7/h1-3,7H,4-6H2/t7-/m0/s1. The third-order valence-electron chi connectivity index (χ3n) is 2.88. The molecule has 0 aliphatic heterocycles. The molecule has 2 rings (SSSR count). The summed E-state index contributed by atoms with van der Waals surface area (Å²) in [5.74, 6) is -0.297. The number of nitrogens with zero attached hydrogens (tertiary/aromatic N) is 1. The van der Waals surface area contributed by atoms with Gasteiger partial charge in [0, 0.05) is 22.3 Å². The van der Waals surface area contributed by atoms with Gasteiger partial charge in [-0.2, -0.15) is 0 Å². The molecule has 92 valence electrons. The van der Waals surface area contributed by atoms with Gasteiger partial charge in [-0.25, -0.2) is 8.42 Å². The second-order valence-corrected chi connectivity index (χ2v) is 6.97. The molecule has 0 heterocycles. The summed E-state index contributed by atoms with van der Waals surface area (Å²) in [4.78, 5) is 10.4. The Morgan fingerprint density at radius 1 is 1.41 bits per heavy atom. The zero-order chi connectivity index (χ0) is 12.6. The largest absolute Gasteiger partial charge is 0.272 e. The zero-order valence-corrected chi connectivity index (χ0v) is 10.4. The van der Waals surface area contributed by atoms with Crippen molar-refractivity contribution in [3.05, 3.63) is 39.4 Å². The molecule has 1 aliphatic rings. The predicted octanol–water partition coefficient (Wildman–Crippen LogP) is 1.88. The molecule has 17 heavy (non-hydrogen) atoms. The molecule has 0 radical (unpaired) electrons. The maximum Gasteiger partial charge on any atom is 0.272 e. The molecule has 1 atom stereocenters. The van der Waals surface area contributed by atoms with Crippen molar-refractivity contribution < 1.29 is 13.3 Å². The van der Waals surface area contributed by atoms with E-state index in [4.69, 9.17) is 10.7 Å². The summed E-state index contributed by atoms with van der Waals surface area (Å²) in [5, 5.41) is 10.8. The van der Waals surface area contributed by atoms with Crippen LogP contribution in [-0.2, 0) is 21.9 Å². The van der Waals surface area contributed by atoms with Gasteiger partial charge >= 0.3 is 0 Å². The molecular weight excluding hydrogens is 266 g/mol. The maximum atomic E-state index is 11.0. The molecular formula is C10H10ClNO4S.